The van der Waals surface area contributed by atoms with Crippen LogP contribution in [0.1, 0.15) is 35.1 Å². The van der Waals surface area contributed by atoms with Crippen molar-refractivity contribution in [3.63, 3.8) is 0 Å². The minimum atomic E-state index is -0.922. The Hall–Kier alpha value is -3.80. The van der Waals surface area contributed by atoms with Crippen LogP contribution < -0.4 is 10.6 Å². The molecule has 0 unspecified atom stereocenters. The van der Waals surface area contributed by atoms with Crippen LogP contribution in [0.4, 0.5) is 5.69 Å². The zero-order chi connectivity index (χ0) is 25.1. The molecule has 1 aliphatic rings. The van der Waals surface area contributed by atoms with Crippen LogP contribution >= 0.6 is 11.8 Å². The maximum Gasteiger partial charge on any atom is 0.256 e. The Bertz CT molecular complexity index is 1310. The number of Topliss-reactive ketones (excluding diaryl/α,β-unsaturated/α-hetero) is 1. The minimum Gasteiger partial charge on any atom is -0.353 e. The Morgan fingerprint density at radius 3 is 2.63 bits per heavy atom. The lowest BCUT2D eigenvalue weighted by Gasteiger charge is -2.34. The Morgan fingerprint density at radius 2 is 1.91 bits per heavy atom. The number of aromatic nitrogens is 4. The minimum absolute atomic E-state index is 0.0337. The summed E-state index contributed by atoms with van der Waals surface area (Å²) in [6.07, 6.45) is -0.188. The van der Waals surface area contributed by atoms with Gasteiger partial charge in [0.15, 0.2) is 10.9 Å². The number of aryl methyl sites for hydroxylation is 2. The van der Waals surface area contributed by atoms with E-state index in [1.165, 1.54) is 23.6 Å². The topological polar surface area (TPSA) is 139 Å². The lowest BCUT2D eigenvalue weighted by molar-refractivity contribution is -0.142. The molecule has 11 nitrogen and oxygen atoms in total. The summed E-state index contributed by atoms with van der Waals surface area (Å²) in [6, 6.07) is 7.46. The quantitative estimate of drug-likeness (QED) is 0.370. The van der Waals surface area contributed by atoms with E-state index in [0.717, 1.165) is 11.4 Å². The van der Waals surface area contributed by atoms with Crippen LogP contribution in [0.25, 0.3) is 5.78 Å². The molecule has 0 saturated carbocycles. The fraction of sp³-hybridized carbons (Fsp3) is 0.348. The van der Waals surface area contributed by atoms with E-state index < -0.39 is 11.9 Å². The Balaban J connectivity index is 1.41. The zero-order valence-electron chi connectivity index (χ0n) is 19.6. The fourth-order valence-electron chi connectivity index (χ4n) is 3.89. The molecule has 3 amide bonds. The molecule has 1 fully saturated rings. The van der Waals surface area contributed by atoms with Crippen molar-refractivity contribution in [3.8, 4) is 0 Å². The molecule has 0 radical (unpaired) electrons. The number of ketones is 1. The van der Waals surface area contributed by atoms with Gasteiger partial charge in [0, 0.05) is 35.7 Å². The number of carbonyl (C=O) groups excluding carboxylic acids is 4. The largest absolute Gasteiger partial charge is 0.353 e. The van der Waals surface area contributed by atoms with Crippen LogP contribution in [0.5, 0.6) is 0 Å². The summed E-state index contributed by atoms with van der Waals surface area (Å²) < 4.78 is 1.77. The number of fused-ring (bicyclic) bond motifs is 1. The van der Waals surface area contributed by atoms with Crippen molar-refractivity contribution in [2.75, 3.05) is 24.2 Å². The van der Waals surface area contributed by atoms with Crippen LogP contribution in [0.2, 0.25) is 0 Å². The van der Waals surface area contributed by atoms with Crippen molar-refractivity contribution < 1.29 is 19.2 Å². The van der Waals surface area contributed by atoms with Gasteiger partial charge in [0.05, 0.1) is 12.2 Å². The van der Waals surface area contributed by atoms with Crippen molar-refractivity contribution in [1.29, 1.82) is 0 Å². The van der Waals surface area contributed by atoms with E-state index >= 15 is 0 Å². The van der Waals surface area contributed by atoms with Gasteiger partial charge in [0.25, 0.3) is 5.78 Å². The Kier molecular flexibility index (Phi) is 7.10. The molecule has 0 bridgehead atoms. The van der Waals surface area contributed by atoms with E-state index in [1.54, 1.807) is 28.7 Å². The standard InChI is InChI=1S/C23H25N7O4S/c1-13-10-14(2)30-22(25-13)27-28-23(30)35-12-20(33)29-9-8-24-21(34)18(29)11-19(32)26-17-6-4-16(5-7-17)15(3)31/h4-7,10,18H,8-9,11-12H2,1-3H3,(H,24,34)(H,26,32)/t18-/m1/s1. The molecule has 1 atom stereocenters. The second-order valence-electron chi connectivity index (χ2n) is 8.23. The first kappa shape index (κ1) is 24.3. The highest BCUT2D eigenvalue weighted by atomic mass is 32.2. The van der Waals surface area contributed by atoms with Crippen molar-refractivity contribution in [2.45, 2.75) is 38.4 Å². The molecule has 1 aromatic carbocycles. The highest BCUT2D eigenvalue weighted by molar-refractivity contribution is 7.99. The van der Waals surface area contributed by atoms with Gasteiger partial charge in [-0.15, -0.1) is 10.2 Å². The van der Waals surface area contributed by atoms with Gasteiger partial charge in [-0.3, -0.25) is 23.6 Å². The highest BCUT2D eigenvalue weighted by Gasteiger charge is 2.34. The molecule has 1 aliphatic heterocycles. The SMILES string of the molecule is CC(=O)c1ccc(NC(=O)C[C@@H]2C(=O)NCCN2C(=O)CSc2nnc3nc(C)cc(C)n23)cc1. The zero-order valence-corrected chi connectivity index (χ0v) is 20.4. The summed E-state index contributed by atoms with van der Waals surface area (Å²) in [5.41, 5.74) is 2.76. The summed E-state index contributed by atoms with van der Waals surface area (Å²) >= 11 is 1.21. The maximum absolute atomic E-state index is 13.1. The summed E-state index contributed by atoms with van der Waals surface area (Å²) in [4.78, 5) is 55.4. The van der Waals surface area contributed by atoms with Crippen LogP contribution in [-0.2, 0) is 14.4 Å². The second kappa shape index (κ2) is 10.2. The van der Waals surface area contributed by atoms with E-state index in [0.29, 0.717) is 35.3 Å². The number of thioether (sulfide) groups is 1. The average molecular weight is 496 g/mol. The monoisotopic (exact) mass is 495 g/mol. The van der Waals surface area contributed by atoms with Gasteiger partial charge in [-0.1, -0.05) is 11.8 Å². The molecule has 3 aromatic rings. The lowest BCUT2D eigenvalue weighted by atomic mass is 10.1. The number of nitrogens with one attached hydrogen (secondary N) is 2. The molecule has 0 aliphatic carbocycles. The fourth-order valence-corrected chi connectivity index (χ4v) is 4.77. The van der Waals surface area contributed by atoms with Crippen molar-refractivity contribution in [3.05, 3.63) is 47.3 Å². The molecule has 2 N–H and O–H groups in total. The molecule has 2 aromatic heterocycles. The van der Waals surface area contributed by atoms with Crippen molar-refractivity contribution in [2.24, 2.45) is 0 Å². The van der Waals surface area contributed by atoms with Gasteiger partial charge in [0.1, 0.15) is 6.04 Å². The Labute approximate surface area is 205 Å². The summed E-state index contributed by atoms with van der Waals surface area (Å²) in [5.74, 6) is -0.641. The van der Waals surface area contributed by atoms with E-state index in [2.05, 4.69) is 25.8 Å². The molecule has 4 rings (SSSR count). The van der Waals surface area contributed by atoms with Gasteiger partial charge in [-0.25, -0.2) is 4.98 Å². The normalized spacial score (nSPS) is 15.7. The molecular weight excluding hydrogens is 470 g/mol. The number of rotatable bonds is 7. The summed E-state index contributed by atoms with van der Waals surface area (Å²) in [7, 11) is 0. The van der Waals surface area contributed by atoms with Crippen LogP contribution in [0, 0.1) is 13.8 Å². The lowest BCUT2D eigenvalue weighted by Crippen LogP contribution is -2.58. The van der Waals surface area contributed by atoms with Crippen LogP contribution in [-0.4, -0.2) is 72.9 Å². The summed E-state index contributed by atoms with van der Waals surface area (Å²) in [6.45, 7) is 5.86. The van der Waals surface area contributed by atoms with Crippen LogP contribution in [0.3, 0.4) is 0 Å². The molecule has 0 spiro atoms. The number of hydrogen-bond donors (Lipinski definition) is 2. The smallest absolute Gasteiger partial charge is 0.256 e. The molecule has 1 saturated heterocycles. The maximum atomic E-state index is 13.1. The predicted molar refractivity (Wildman–Crippen MR) is 129 cm³/mol. The van der Waals surface area contributed by atoms with E-state index in [1.807, 2.05) is 19.9 Å². The number of hydrogen-bond acceptors (Lipinski definition) is 8. The average Bonchev–Trinajstić information content (AvgIpc) is 3.22. The van der Waals surface area contributed by atoms with Crippen molar-refractivity contribution >= 4 is 46.7 Å². The molecule has 3 heterocycles. The van der Waals surface area contributed by atoms with Gasteiger partial charge in [-0.05, 0) is 51.1 Å². The number of piperazine rings is 1. The number of anilines is 1. The third-order valence-corrected chi connectivity index (χ3v) is 6.51. The third kappa shape index (κ3) is 5.48. The predicted octanol–water partition coefficient (Wildman–Crippen LogP) is 1.39. The van der Waals surface area contributed by atoms with E-state index in [-0.39, 0.29) is 29.8 Å². The third-order valence-electron chi connectivity index (χ3n) is 5.59. The number of carbonyl (C=O) groups is 4. The molecule has 12 heteroatoms. The van der Waals surface area contributed by atoms with E-state index in [9.17, 15) is 19.2 Å². The first-order chi connectivity index (χ1) is 16.7. The van der Waals surface area contributed by atoms with Crippen LogP contribution in [0.15, 0.2) is 35.5 Å². The molecule has 35 heavy (non-hydrogen) atoms. The van der Waals surface area contributed by atoms with E-state index in [4.69, 9.17) is 0 Å². The second-order valence-corrected chi connectivity index (χ2v) is 9.17. The first-order valence-electron chi connectivity index (χ1n) is 11.0. The van der Waals surface area contributed by atoms with Gasteiger partial charge >= 0.3 is 0 Å². The molecule has 182 valence electrons. The van der Waals surface area contributed by atoms with Gasteiger partial charge < -0.3 is 15.5 Å². The van der Waals surface area contributed by atoms with Gasteiger partial charge in [-0.2, -0.15) is 0 Å². The van der Waals surface area contributed by atoms with Gasteiger partial charge in [0.2, 0.25) is 17.7 Å². The summed E-state index contributed by atoms with van der Waals surface area (Å²) in [5, 5.41) is 14.2. The number of amides is 3. The highest BCUT2D eigenvalue weighted by Crippen LogP contribution is 2.21. The first-order valence-corrected chi connectivity index (χ1v) is 12.0. The number of nitrogens with zero attached hydrogens (tertiary/aromatic N) is 5. The Morgan fingerprint density at radius 1 is 1.17 bits per heavy atom. The molecular formula is C23H25N7O4S. The van der Waals surface area contributed by atoms with Crippen molar-refractivity contribution in [1.82, 2.24) is 29.8 Å². The number of benzene rings is 1.